The van der Waals surface area contributed by atoms with Gasteiger partial charge in [-0.05, 0) is 83.5 Å². The summed E-state index contributed by atoms with van der Waals surface area (Å²) in [5.41, 5.74) is 0. The molecule has 8 unspecified atom stereocenters. The number of aliphatic hydroxyl groups excluding tert-OH is 5. The number of aliphatic hydroxyl groups is 5. The third-order valence-corrected chi connectivity index (χ3v) is 15.7. The number of esters is 1. The molecule has 6 N–H and O–H groups in total. The third kappa shape index (κ3) is 43.9. The summed E-state index contributed by atoms with van der Waals surface area (Å²) < 4.78 is 17.7. The predicted molar refractivity (Wildman–Crippen MR) is 329 cm³/mol. The quantitative estimate of drug-likeness (QED) is 0.0195. The zero-order valence-corrected chi connectivity index (χ0v) is 51.2. The molecule has 0 aromatic rings. The average Bonchev–Trinajstić information content (AvgIpc) is 3.47. The number of amides is 1. The second-order valence-corrected chi connectivity index (χ2v) is 23.2. The van der Waals surface area contributed by atoms with Gasteiger partial charge >= 0.3 is 5.97 Å². The van der Waals surface area contributed by atoms with E-state index in [9.17, 15) is 35.1 Å². The van der Waals surface area contributed by atoms with E-state index in [1.165, 1.54) is 193 Å². The number of allylic oxidation sites excluding steroid dienone is 7. The summed E-state index contributed by atoms with van der Waals surface area (Å²) in [4.78, 5) is 26.6. The number of hydrogen-bond acceptors (Lipinski definition) is 10. The Balaban J connectivity index is 2.61. The van der Waals surface area contributed by atoms with Gasteiger partial charge in [-0.2, -0.15) is 0 Å². The molecule has 8 atom stereocenters. The van der Waals surface area contributed by atoms with E-state index in [2.05, 4.69) is 62.5 Å². The summed E-state index contributed by atoms with van der Waals surface area (Å²) >= 11 is 0. The van der Waals surface area contributed by atoms with Gasteiger partial charge in [0.15, 0.2) is 12.4 Å². The lowest BCUT2D eigenvalue weighted by Gasteiger charge is -2.41. The van der Waals surface area contributed by atoms with Gasteiger partial charge in [0.25, 0.3) is 0 Å². The Labute approximate surface area is 485 Å². The topological polar surface area (TPSA) is 175 Å². The van der Waals surface area contributed by atoms with Crippen molar-refractivity contribution in [2.45, 2.75) is 359 Å². The maximum absolute atomic E-state index is 13.4. The van der Waals surface area contributed by atoms with Gasteiger partial charge < -0.3 is 45.1 Å². The molecule has 1 aliphatic heterocycles. The lowest BCUT2D eigenvalue weighted by atomic mass is 9.99. The molecule has 79 heavy (non-hydrogen) atoms. The van der Waals surface area contributed by atoms with Crippen molar-refractivity contribution in [2.24, 2.45) is 0 Å². The lowest BCUT2D eigenvalue weighted by molar-refractivity contribution is -0.305. The molecular weight excluding hydrogens is 991 g/mol. The molecule has 1 aliphatic rings. The summed E-state index contributed by atoms with van der Waals surface area (Å²) in [6.45, 7) is 5.78. The van der Waals surface area contributed by atoms with Crippen LogP contribution in [-0.4, -0.2) is 99.6 Å². The summed E-state index contributed by atoms with van der Waals surface area (Å²) in [7, 11) is 0. The van der Waals surface area contributed by atoms with Crippen molar-refractivity contribution in [1.82, 2.24) is 5.32 Å². The fourth-order valence-electron chi connectivity index (χ4n) is 10.4. The van der Waals surface area contributed by atoms with E-state index in [1.807, 2.05) is 6.08 Å². The fraction of sp³-hybridized carbons (Fsp3) is 0.853. The Bertz CT molecular complexity index is 1470. The maximum Gasteiger partial charge on any atom is 0.306 e. The van der Waals surface area contributed by atoms with Crippen molar-refractivity contribution in [2.75, 3.05) is 13.2 Å². The Morgan fingerprint density at radius 2 is 0.873 bits per heavy atom. The van der Waals surface area contributed by atoms with Crippen LogP contribution < -0.4 is 5.32 Å². The molecule has 1 rings (SSSR count). The van der Waals surface area contributed by atoms with E-state index in [0.717, 1.165) is 70.6 Å². The molecule has 0 aromatic carbocycles. The Kier molecular flexibility index (Phi) is 53.0. The first-order valence-electron chi connectivity index (χ1n) is 33.4. The minimum absolute atomic E-state index is 0.120. The molecule has 0 aliphatic carbocycles. The first-order chi connectivity index (χ1) is 38.7. The van der Waals surface area contributed by atoms with E-state index in [1.54, 1.807) is 6.08 Å². The Morgan fingerprint density at radius 3 is 1.33 bits per heavy atom. The molecule has 11 nitrogen and oxygen atoms in total. The van der Waals surface area contributed by atoms with Gasteiger partial charge in [-0.25, -0.2) is 0 Å². The summed E-state index contributed by atoms with van der Waals surface area (Å²) in [5, 5.41) is 57.1. The van der Waals surface area contributed by atoms with Crippen molar-refractivity contribution >= 4 is 11.9 Å². The number of carbonyl (C=O) groups excluding carboxylic acids is 2. The van der Waals surface area contributed by atoms with Crippen LogP contribution in [0.4, 0.5) is 0 Å². The average molecular weight is 1120 g/mol. The molecule has 0 spiro atoms. The third-order valence-electron chi connectivity index (χ3n) is 15.7. The van der Waals surface area contributed by atoms with Crippen molar-refractivity contribution in [3.8, 4) is 0 Å². The molecule has 462 valence electrons. The number of hydrogen-bond donors (Lipinski definition) is 6. The van der Waals surface area contributed by atoms with Crippen molar-refractivity contribution in [1.29, 1.82) is 0 Å². The van der Waals surface area contributed by atoms with Crippen molar-refractivity contribution in [3.63, 3.8) is 0 Å². The first-order valence-corrected chi connectivity index (χ1v) is 33.4. The van der Waals surface area contributed by atoms with Gasteiger partial charge in [0.2, 0.25) is 5.91 Å². The molecule has 11 heteroatoms. The SMILES string of the molecule is CCCCC/C=C\C/C=C\CCCCCCCCCCCC(=O)OC1C(OCC(NC(=O)C(O)CCCCCCCCCCCC/C=C/CCCCCCCC)C(O)/C=C/CCCCCCCCCCC)OC(CO)C(O)C1O. The van der Waals surface area contributed by atoms with Crippen LogP contribution in [0.3, 0.4) is 0 Å². The van der Waals surface area contributed by atoms with Crippen LogP contribution in [-0.2, 0) is 23.8 Å². The van der Waals surface area contributed by atoms with Crippen LogP contribution in [0.15, 0.2) is 48.6 Å². The molecule has 1 heterocycles. The Morgan fingerprint density at radius 1 is 0.494 bits per heavy atom. The number of nitrogens with one attached hydrogen (secondary N) is 1. The second-order valence-electron chi connectivity index (χ2n) is 23.2. The van der Waals surface area contributed by atoms with Crippen LogP contribution in [0.2, 0.25) is 0 Å². The molecule has 1 fully saturated rings. The highest BCUT2D eigenvalue weighted by Crippen LogP contribution is 2.26. The standard InChI is InChI=1S/C68H125NO10/c1-4-7-10-13-16-19-22-24-26-28-30-32-33-35-37-40-43-46-49-52-55-61(72)67(76)69-59(60(71)54-51-48-45-42-39-21-18-15-12-9-6-3)58-77-68-66(65(75)64(74)62(57-70)78-68)79-63(73)56-53-50-47-44-41-38-36-34-31-29-27-25-23-20-17-14-11-8-5-2/h17,20,24-27,51,54,59-62,64-66,68,70-72,74-75H,4-16,18-19,21-23,28-50,52-53,55-58H2,1-3H3,(H,69,76)/b20-17-,26-24+,27-25-,54-51+. The maximum atomic E-state index is 13.4. The molecule has 0 aromatic heterocycles. The van der Waals surface area contributed by atoms with E-state index >= 15 is 0 Å². The highest BCUT2D eigenvalue weighted by Gasteiger charge is 2.47. The minimum Gasteiger partial charge on any atom is -0.454 e. The van der Waals surface area contributed by atoms with Gasteiger partial charge in [-0.15, -0.1) is 0 Å². The van der Waals surface area contributed by atoms with Gasteiger partial charge in [-0.1, -0.05) is 268 Å². The molecule has 1 saturated heterocycles. The van der Waals surface area contributed by atoms with E-state index in [0.29, 0.717) is 19.3 Å². The molecular formula is C68H125NO10. The van der Waals surface area contributed by atoms with Gasteiger partial charge in [0, 0.05) is 6.42 Å². The van der Waals surface area contributed by atoms with E-state index in [4.69, 9.17) is 14.2 Å². The van der Waals surface area contributed by atoms with Crippen LogP contribution in [0.25, 0.3) is 0 Å². The lowest BCUT2D eigenvalue weighted by Crippen LogP contribution is -2.61. The summed E-state index contributed by atoms with van der Waals surface area (Å²) in [6.07, 6.45) is 58.6. The number of rotatable bonds is 57. The van der Waals surface area contributed by atoms with Crippen LogP contribution in [0.1, 0.15) is 310 Å². The summed E-state index contributed by atoms with van der Waals surface area (Å²) in [5.74, 6) is -1.19. The van der Waals surface area contributed by atoms with Crippen LogP contribution in [0.5, 0.6) is 0 Å². The zero-order chi connectivity index (χ0) is 57.5. The molecule has 0 radical (unpaired) electrons. The highest BCUT2D eigenvalue weighted by molar-refractivity contribution is 5.80. The molecule has 0 saturated carbocycles. The summed E-state index contributed by atoms with van der Waals surface area (Å²) in [6, 6.07) is -1.02. The zero-order valence-electron chi connectivity index (χ0n) is 51.2. The number of unbranched alkanes of at least 4 members (excludes halogenated alkanes) is 37. The van der Waals surface area contributed by atoms with E-state index in [-0.39, 0.29) is 13.0 Å². The Hall–Kier alpha value is -2.38. The first kappa shape index (κ1) is 74.6. The normalized spacial score (nSPS) is 19.1. The van der Waals surface area contributed by atoms with Crippen LogP contribution in [0, 0.1) is 0 Å². The fourth-order valence-corrected chi connectivity index (χ4v) is 10.4. The predicted octanol–water partition coefficient (Wildman–Crippen LogP) is 16.4. The highest BCUT2D eigenvalue weighted by atomic mass is 16.7. The monoisotopic (exact) mass is 1120 g/mol. The minimum atomic E-state index is -1.61. The largest absolute Gasteiger partial charge is 0.454 e. The molecule has 0 bridgehead atoms. The molecule has 1 amide bonds. The number of ether oxygens (including phenoxy) is 3. The van der Waals surface area contributed by atoms with Gasteiger partial charge in [0.1, 0.15) is 24.4 Å². The van der Waals surface area contributed by atoms with Crippen molar-refractivity contribution < 1.29 is 49.3 Å². The van der Waals surface area contributed by atoms with Crippen molar-refractivity contribution in [3.05, 3.63) is 48.6 Å². The van der Waals surface area contributed by atoms with Gasteiger partial charge in [0.05, 0.1) is 25.4 Å². The second kappa shape index (κ2) is 56.1. The van der Waals surface area contributed by atoms with E-state index < -0.39 is 67.4 Å². The number of carbonyl (C=O) groups is 2. The van der Waals surface area contributed by atoms with Crippen LogP contribution >= 0.6 is 0 Å². The smallest absolute Gasteiger partial charge is 0.306 e. The van der Waals surface area contributed by atoms with Gasteiger partial charge in [-0.3, -0.25) is 9.59 Å².